The number of thioether (sulfide) groups is 1. The molecule has 1 fully saturated rings. The minimum atomic E-state index is -0.384. The average molecular weight is 268 g/mol. The summed E-state index contributed by atoms with van der Waals surface area (Å²) in [5, 5.41) is 0.699. The van der Waals surface area contributed by atoms with Crippen LogP contribution in [0.3, 0.4) is 0 Å². The van der Waals surface area contributed by atoms with Crippen LogP contribution in [-0.4, -0.2) is 12.3 Å². The first-order valence-electron chi connectivity index (χ1n) is 5.65. The number of rotatable bonds is 3. The summed E-state index contributed by atoms with van der Waals surface area (Å²) in [6, 6.07) is 5.83. The lowest BCUT2D eigenvalue weighted by molar-refractivity contribution is 0.448. The number of halogens is 1. The van der Waals surface area contributed by atoms with Gasteiger partial charge in [-0.2, -0.15) is 4.99 Å². The van der Waals surface area contributed by atoms with E-state index in [1.807, 2.05) is 24.5 Å². The van der Waals surface area contributed by atoms with Crippen molar-refractivity contribution >= 4 is 29.4 Å². The van der Waals surface area contributed by atoms with E-state index in [0.717, 1.165) is 36.1 Å². The third-order valence-corrected chi connectivity index (χ3v) is 4.38. The number of nitrogens with zero attached hydrogens (tertiary/aromatic N) is 1. The van der Waals surface area contributed by atoms with Crippen molar-refractivity contribution in [2.24, 2.45) is 4.99 Å². The van der Waals surface area contributed by atoms with Crippen LogP contribution >= 0.6 is 23.4 Å². The second-order valence-corrected chi connectivity index (χ2v) is 5.57. The van der Waals surface area contributed by atoms with Crippen LogP contribution in [0.1, 0.15) is 31.2 Å². The Hall–Kier alpha value is -0.760. The molecular formula is C13H14ClNOS. The van der Waals surface area contributed by atoms with Crippen molar-refractivity contribution in [2.45, 2.75) is 36.1 Å². The molecule has 1 aliphatic rings. The maximum atomic E-state index is 10.7. The average Bonchev–Trinajstić information content (AvgIpc) is 2.79. The molecule has 1 aromatic carbocycles. The zero-order chi connectivity index (χ0) is 12.3. The molecule has 17 heavy (non-hydrogen) atoms. The fraction of sp³-hybridized carbons (Fsp3) is 0.462. The van der Waals surface area contributed by atoms with Crippen molar-refractivity contribution < 1.29 is 4.79 Å². The van der Waals surface area contributed by atoms with Gasteiger partial charge in [0.2, 0.25) is 6.08 Å². The van der Waals surface area contributed by atoms with Gasteiger partial charge in [0.05, 0.1) is 5.54 Å². The van der Waals surface area contributed by atoms with Gasteiger partial charge in [-0.3, -0.25) is 0 Å². The molecule has 0 N–H and O–H groups in total. The van der Waals surface area contributed by atoms with Crippen molar-refractivity contribution in [3.05, 3.63) is 28.8 Å². The van der Waals surface area contributed by atoms with Crippen molar-refractivity contribution in [1.82, 2.24) is 0 Å². The van der Waals surface area contributed by atoms with E-state index in [2.05, 4.69) is 4.99 Å². The first kappa shape index (κ1) is 12.7. The lowest BCUT2D eigenvalue weighted by Gasteiger charge is -2.25. The summed E-state index contributed by atoms with van der Waals surface area (Å²) < 4.78 is 0. The Morgan fingerprint density at radius 1 is 1.41 bits per heavy atom. The molecule has 0 spiro atoms. The largest absolute Gasteiger partial charge is 0.235 e. The van der Waals surface area contributed by atoms with Gasteiger partial charge < -0.3 is 0 Å². The number of isocyanates is 1. The van der Waals surface area contributed by atoms with Gasteiger partial charge in [0.1, 0.15) is 0 Å². The molecule has 0 atom stereocenters. The Bertz CT molecular complexity index is 462. The molecule has 0 radical (unpaired) electrons. The highest BCUT2D eigenvalue weighted by Gasteiger charge is 2.37. The molecule has 0 unspecified atom stereocenters. The van der Waals surface area contributed by atoms with Gasteiger partial charge in [0, 0.05) is 9.92 Å². The molecule has 2 nitrogen and oxygen atoms in total. The minimum Gasteiger partial charge on any atom is -0.211 e. The Kier molecular flexibility index (Phi) is 3.93. The number of benzene rings is 1. The van der Waals surface area contributed by atoms with Crippen LogP contribution in [0.4, 0.5) is 0 Å². The van der Waals surface area contributed by atoms with Gasteiger partial charge in [0.25, 0.3) is 0 Å². The molecule has 0 aromatic heterocycles. The number of carbonyl (C=O) groups excluding carboxylic acids is 1. The number of aliphatic imine (C=N–C) groups is 1. The monoisotopic (exact) mass is 267 g/mol. The van der Waals surface area contributed by atoms with Crippen molar-refractivity contribution in [3.8, 4) is 0 Å². The Morgan fingerprint density at radius 3 is 2.71 bits per heavy atom. The SMILES string of the molecule is CSc1ccc(Cl)cc1C1(N=C=O)CCCC1. The maximum absolute atomic E-state index is 10.7. The quantitative estimate of drug-likeness (QED) is 0.467. The molecule has 0 bridgehead atoms. The van der Waals surface area contributed by atoms with E-state index in [4.69, 9.17) is 11.6 Å². The van der Waals surface area contributed by atoms with E-state index < -0.39 is 0 Å². The fourth-order valence-corrected chi connectivity index (χ4v) is 3.38. The molecule has 2 rings (SSSR count). The molecule has 0 heterocycles. The minimum absolute atomic E-state index is 0.384. The molecule has 1 aliphatic carbocycles. The van der Waals surface area contributed by atoms with E-state index in [-0.39, 0.29) is 5.54 Å². The Morgan fingerprint density at radius 2 is 2.12 bits per heavy atom. The molecule has 90 valence electrons. The summed E-state index contributed by atoms with van der Waals surface area (Å²) >= 11 is 7.73. The van der Waals surface area contributed by atoms with Gasteiger partial charge in [-0.25, -0.2) is 4.79 Å². The van der Waals surface area contributed by atoms with Gasteiger partial charge in [-0.15, -0.1) is 11.8 Å². The lowest BCUT2D eigenvalue weighted by Crippen LogP contribution is -2.19. The summed E-state index contributed by atoms with van der Waals surface area (Å²) in [5.74, 6) is 0. The highest BCUT2D eigenvalue weighted by atomic mass is 35.5. The zero-order valence-corrected chi connectivity index (χ0v) is 11.3. The second kappa shape index (κ2) is 5.26. The molecule has 4 heteroatoms. The number of hydrogen-bond acceptors (Lipinski definition) is 3. The van der Waals surface area contributed by atoms with Crippen molar-refractivity contribution in [2.75, 3.05) is 6.26 Å². The smallest absolute Gasteiger partial charge is 0.211 e. The van der Waals surface area contributed by atoms with Gasteiger partial charge >= 0.3 is 0 Å². The first-order chi connectivity index (χ1) is 8.22. The van der Waals surface area contributed by atoms with E-state index in [9.17, 15) is 4.79 Å². The summed E-state index contributed by atoms with van der Waals surface area (Å²) in [6.45, 7) is 0. The highest BCUT2D eigenvalue weighted by Crippen LogP contribution is 2.45. The van der Waals surface area contributed by atoms with Gasteiger partial charge in [0.15, 0.2) is 0 Å². The Balaban J connectivity index is 2.56. The fourth-order valence-electron chi connectivity index (χ4n) is 2.53. The van der Waals surface area contributed by atoms with Crippen LogP contribution in [0.2, 0.25) is 5.02 Å². The first-order valence-corrected chi connectivity index (χ1v) is 7.25. The molecular weight excluding hydrogens is 254 g/mol. The normalized spacial score (nSPS) is 17.8. The summed E-state index contributed by atoms with van der Waals surface area (Å²) in [6.07, 6.45) is 7.80. The predicted molar refractivity (Wildman–Crippen MR) is 71.5 cm³/mol. The summed E-state index contributed by atoms with van der Waals surface area (Å²) in [4.78, 5) is 15.9. The van der Waals surface area contributed by atoms with Crippen molar-refractivity contribution in [1.29, 1.82) is 0 Å². The Labute approximate surface area is 110 Å². The molecule has 1 aromatic rings. The zero-order valence-electron chi connectivity index (χ0n) is 9.70. The predicted octanol–water partition coefficient (Wildman–Crippen LogP) is 4.17. The van der Waals surface area contributed by atoms with Crippen LogP contribution in [-0.2, 0) is 10.3 Å². The van der Waals surface area contributed by atoms with Crippen LogP contribution in [0.15, 0.2) is 28.1 Å². The van der Waals surface area contributed by atoms with Gasteiger partial charge in [-0.05, 0) is 42.9 Å². The molecule has 1 saturated carbocycles. The van der Waals surface area contributed by atoms with Crippen LogP contribution < -0.4 is 0 Å². The lowest BCUT2D eigenvalue weighted by atomic mass is 9.89. The summed E-state index contributed by atoms with van der Waals surface area (Å²) in [5.41, 5.74) is 0.698. The van der Waals surface area contributed by atoms with Gasteiger partial charge in [-0.1, -0.05) is 24.4 Å². The number of hydrogen-bond donors (Lipinski definition) is 0. The van der Waals surface area contributed by atoms with E-state index in [0.29, 0.717) is 5.02 Å². The van der Waals surface area contributed by atoms with E-state index in [1.165, 1.54) is 0 Å². The summed E-state index contributed by atoms with van der Waals surface area (Å²) in [7, 11) is 0. The van der Waals surface area contributed by atoms with Crippen molar-refractivity contribution in [3.63, 3.8) is 0 Å². The third-order valence-electron chi connectivity index (χ3n) is 3.35. The third kappa shape index (κ3) is 2.42. The second-order valence-electron chi connectivity index (χ2n) is 4.29. The maximum Gasteiger partial charge on any atom is 0.235 e. The van der Waals surface area contributed by atoms with E-state index in [1.54, 1.807) is 17.8 Å². The van der Waals surface area contributed by atoms with Crippen LogP contribution in [0.25, 0.3) is 0 Å². The molecule has 0 amide bonds. The highest BCUT2D eigenvalue weighted by molar-refractivity contribution is 7.98. The standard InChI is InChI=1S/C13H14ClNOS/c1-17-12-5-4-10(14)8-11(12)13(15-9-16)6-2-3-7-13/h4-5,8H,2-3,6-7H2,1H3. The van der Waals surface area contributed by atoms with E-state index >= 15 is 0 Å². The molecule has 0 saturated heterocycles. The van der Waals surface area contributed by atoms with Crippen LogP contribution in [0, 0.1) is 0 Å². The van der Waals surface area contributed by atoms with Crippen LogP contribution in [0.5, 0.6) is 0 Å². The molecule has 0 aliphatic heterocycles. The topological polar surface area (TPSA) is 29.4 Å².